The van der Waals surface area contributed by atoms with Gasteiger partial charge >= 0.3 is 0 Å². The van der Waals surface area contributed by atoms with Crippen LogP contribution in [-0.4, -0.2) is 35.2 Å². The Labute approximate surface area is 155 Å². The first kappa shape index (κ1) is 17.6. The number of hydrogen-bond acceptors (Lipinski definition) is 5. The molecule has 1 aliphatic heterocycles. The summed E-state index contributed by atoms with van der Waals surface area (Å²) in [5, 5.41) is 4.07. The largest absolute Gasteiger partial charge is 0.497 e. The number of nitrogens with zero attached hydrogens (tertiary/aromatic N) is 3. The van der Waals surface area contributed by atoms with Crippen LogP contribution in [0.4, 0.5) is 8.78 Å². The first-order chi connectivity index (χ1) is 13.1. The number of rotatable bonds is 5. The number of ether oxygens (including phenoxy) is 1. The summed E-state index contributed by atoms with van der Waals surface area (Å²) >= 11 is 0. The van der Waals surface area contributed by atoms with Crippen LogP contribution in [0.3, 0.4) is 0 Å². The van der Waals surface area contributed by atoms with Crippen LogP contribution < -0.4 is 4.74 Å². The van der Waals surface area contributed by atoms with Gasteiger partial charge in [-0.2, -0.15) is 4.98 Å². The summed E-state index contributed by atoms with van der Waals surface area (Å²) in [7, 11) is 1.61. The molecular weight excluding hydrogens is 352 g/mol. The zero-order valence-corrected chi connectivity index (χ0v) is 14.9. The molecule has 0 amide bonds. The molecular formula is C20H19F2N3O2. The lowest BCUT2D eigenvalue weighted by Gasteiger charge is -2.15. The Morgan fingerprint density at radius 2 is 2.00 bits per heavy atom. The highest BCUT2D eigenvalue weighted by atomic mass is 19.2. The molecule has 5 nitrogen and oxygen atoms in total. The van der Waals surface area contributed by atoms with Gasteiger partial charge < -0.3 is 9.26 Å². The Hall–Kier alpha value is -2.80. The van der Waals surface area contributed by atoms with Crippen molar-refractivity contribution >= 4 is 0 Å². The predicted octanol–water partition coefficient (Wildman–Crippen LogP) is 4.01. The fraction of sp³-hybridized carbons (Fsp3) is 0.300. The molecule has 1 fully saturated rings. The normalized spacial score (nSPS) is 17.4. The van der Waals surface area contributed by atoms with E-state index in [1.807, 2.05) is 24.3 Å². The van der Waals surface area contributed by atoms with Crippen LogP contribution in [0.1, 0.15) is 23.8 Å². The number of benzene rings is 2. The Morgan fingerprint density at radius 3 is 2.78 bits per heavy atom. The van der Waals surface area contributed by atoms with Gasteiger partial charge in [0.1, 0.15) is 5.75 Å². The van der Waals surface area contributed by atoms with Gasteiger partial charge in [0.2, 0.25) is 11.7 Å². The van der Waals surface area contributed by atoms with E-state index in [1.54, 1.807) is 13.2 Å². The second-order valence-corrected chi connectivity index (χ2v) is 6.62. The monoisotopic (exact) mass is 371 g/mol. The van der Waals surface area contributed by atoms with Gasteiger partial charge in [0.25, 0.3) is 0 Å². The van der Waals surface area contributed by atoms with Gasteiger partial charge in [-0.25, -0.2) is 8.78 Å². The molecule has 1 aromatic heterocycles. The van der Waals surface area contributed by atoms with Gasteiger partial charge in [-0.15, -0.1) is 0 Å². The molecule has 2 aromatic carbocycles. The number of likely N-dealkylation sites (tertiary alicyclic amines) is 1. The maximum Gasteiger partial charge on any atom is 0.231 e. The van der Waals surface area contributed by atoms with E-state index in [0.717, 1.165) is 30.3 Å². The summed E-state index contributed by atoms with van der Waals surface area (Å²) < 4.78 is 37.8. The zero-order valence-electron chi connectivity index (χ0n) is 14.9. The number of aromatic nitrogens is 2. The second kappa shape index (κ2) is 7.44. The molecule has 27 heavy (non-hydrogen) atoms. The minimum Gasteiger partial charge on any atom is -0.497 e. The molecule has 1 aliphatic rings. The third-order valence-electron chi connectivity index (χ3n) is 4.84. The molecule has 0 N–H and O–H groups in total. The van der Waals surface area contributed by atoms with Gasteiger partial charge in [-0.3, -0.25) is 4.90 Å². The van der Waals surface area contributed by atoms with Gasteiger partial charge in [0.15, 0.2) is 11.6 Å². The Morgan fingerprint density at radius 1 is 1.19 bits per heavy atom. The number of hydrogen-bond donors (Lipinski definition) is 0. The summed E-state index contributed by atoms with van der Waals surface area (Å²) in [4.78, 5) is 6.58. The van der Waals surface area contributed by atoms with Gasteiger partial charge in [0.05, 0.1) is 13.0 Å². The third-order valence-corrected chi connectivity index (χ3v) is 4.84. The fourth-order valence-corrected chi connectivity index (χ4v) is 3.35. The highest BCUT2D eigenvalue weighted by Crippen LogP contribution is 2.29. The Balaban J connectivity index is 1.43. The van der Waals surface area contributed by atoms with Crippen molar-refractivity contribution < 1.29 is 18.0 Å². The fourth-order valence-electron chi connectivity index (χ4n) is 3.35. The van der Waals surface area contributed by atoms with Gasteiger partial charge in [-0.05, 0) is 43.3 Å². The maximum absolute atomic E-state index is 13.9. The average Bonchev–Trinajstić information content (AvgIpc) is 3.35. The smallest absolute Gasteiger partial charge is 0.231 e. The summed E-state index contributed by atoms with van der Waals surface area (Å²) in [6, 6.07) is 11.7. The molecule has 0 radical (unpaired) electrons. The van der Waals surface area contributed by atoms with E-state index in [1.165, 1.54) is 6.07 Å². The first-order valence-electron chi connectivity index (χ1n) is 8.77. The van der Waals surface area contributed by atoms with E-state index >= 15 is 0 Å². The number of methoxy groups -OCH3 is 1. The van der Waals surface area contributed by atoms with Crippen molar-refractivity contribution in [3.63, 3.8) is 0 Å². The quantitative estimate of drug-likeness (QED) is 0.678. The minimum atomic E-state index is -0.815. The summed E-state index contributed by atoms with van der Waals surface area (Å²) in [6.45, 7) is 1.79. The molecule has 0 aliphatic carbocycles. The van der Waals surface area contributed by atoms with E-state index in [4.69, 9.17) is 9.26 Å². The second-order valence-electron chi connectivity index (χ2n) is 6.62. The van der Waals surface area contributed by atoms with Crippen molar-refractivity contribution in [1.29, 1.82) is 0 Å². The summed E-state index contributed by atoms with van der Waals surface area (Å²) in [5.41, 5.74) is 1.21. The Bertz CT molecular complexity index is 927. The molecule has 1 atom stereocenters. The molecule has 0 bridgehead atoms. The molecule has 0 spiro atoms. The van der Waals surface area contributed by atoms with E-state index in [0.29, 0.717) is 30.4 Å². The van der Waals surface area contributed by atoms with E-state index in [-0.39, 0.29) is 5.92 Å². The van der Waals surface area contributed by atoms with E-state index in [2.05, 4.69) is 15.0 Å². The van der Waals surface area contributed by atoms with E-state index < -0.39 is 11.6 Å². The van der Waals surface area contributed by atoms with Crippen LogP contribution in [0, 0.1) is 11.6 Å². The SMILES string of the molecule is COc1ccc(-c2noc([C@H]3CCN(Cc4cccc(F)c4F)C3)n2)cc1. The summed E-state index contributed by atoms with van der Waals surface area (Å²) in [6.07, 6.45) is 0.835. The zero-order chi connectivity index (χ0) is 18.8. The molecule has 4 rings (SSSR count). The Kier molecular flexibility index (Phi) is 4.85. The van der Waals surface area contributed by atoms with Crippen molar-refractivity contribution in [2.24, 2.45) is 0 Å². The number of halogens is 2. The average molecular weight is 371 g/mol. The first-order valence-corrected chi connectivity index (χ1v) is 8.77. The van der Waals surface area contributed by atoms with Gasteiger partial charge in [-0.1, -0.05) is 17.3 Å². The topological polar surface area (TPSA) is 51.4 Å². The van der Waals surface area contributed by atoms with Crippen molar-refractivity contribution in [3.8, 4) is 17.1 Å². The lowest BCUT2D eigenvalue weighted by Crippen LogP contribution is -2.20. The van der Waals surface area contributed by atoms with Crippen LogP contribution in [0.15, 0.2) is 47.0 Å². The molecule has 0 saturated carbocycles. The standard InChI is InChI=1S/C20H19F2N3O2/c1-26-16-7-5-13(6-8-16)19-23-20(27-24-19)15-9-10-25(12-15)11-14-3-2-4-17(21)18(14)22/h2-8,15H,9-12H2,1H3/t15-/m0/s1. The van der Waals surface area contributed by atoms with Crippen LogP contribution in [0.25, 0.3) is 11.4 Å². The highest BCUT2D eigenvalue weighted by molar-refractivity contribution is 5.55. The molecule has 7 heteroatoms. The predicted molar refractivity (Wildman–Crippen MR) is 95.3 cm³/mol. The highest BCUT2D eigenvalue weighted by Gasteiger charge is 2.29. The lowest BCUT2D eigenvalue weighted by atomic mass is 10.1. The maximum atomic E-state index is 13.9. The lowest BCUT2D eigenvalue weighted by molar-refractivity contribution is 0.303. The molecule has 2 heterocycles. The van der Waals surface area contributed by atoms with E-state index in [9.17, 15) is 8.78 Å². The van der Waals surface area contributed by atoms with Crippen LogP contribution in [0.5, 0.6) is 5.75 Å². The minimum absolute atomic E-state index is 0.0844. The third kappa shape index (κ3) is 3.68. The van der Waals surface area contributed by atoms with Crippen molar-refractivity contribution in [3.05, 3.63) is 65.6 Å². The molecule has 3 aromatic rings. The van der Waals surface area contributed by atoms with Crippen molar-refractivity contribution in [2.45, 2.75) is 18.9 Å². The van der Waals surface area contributed by atoms with Crippen molar-refractivity contribution in [1.82, 2.24) is 15.0 Å². The van der Waals surface area contributed by atoms with Gasteiger partial charge in [0, 0.05) is 24.2 Å². The molecule has 0 unspecified atom stereocenters. The van der Waals surface area contributed by atoms with Crippen LogP contribution >= 0.6 is 0 Å². The summed E-state index contributed by atoms with van der Waals surface area (Å²) in [5.74, 6) is 0.356. The molecule has 140 valence electrons. The van der Waals surface area contributed by atoms with Crippen LogP contribution in [-0.2, 0) is 6.54 Å². The van der Waals surface area contributed by atoms with Crippen molar-refractivity contribution in [2.75, 3.05) is 20.2 Å². The van der Waals surface area contributed by atoms with Crippen LogP contribution in [0.2, 0.25) is 0 Å². The molecule has 1 saturated heterocycles.